The van der Waals surface area contributed by atoms with Crippen LogP contribution in [-0.4, -0.2) is 10.7 Å². The molecule has 0 aromatic heterocycles. The van der Waals surface area contributed by atoms with E-state index in [4.69, 9.17) is 4.84 Å². The number of hydrogen-bond acceptors (Lipinski definition) is 2. The van der Waals surface area contributed by atoms with E-state index in [0.29, 0.717) is 6.61 Å². The third kappa shape index (κ3) is 4.44. The van der Waals surface area contributed by atoms with Gasteiger partial charge in [-0.2, -0.15) is 0 Å². The molecule has 0 heterocycles. The lowest BCUT2D eigenvalue weighted by atomic mass is 10.2. The van der Waals surface area contributed by atoms with E-state index >= 15 is 0 Å². The molecule has 1 N–H and O–H groups in total. The quantitative estimate of drug-likeness (QED) is 0.660. The van der Waals surface area contributed by atoms with Crippen LogP contribution >= 0.6 is 15.9 Å². The Balaban J connectivity index is 2.25. The topological polar surface area (TPSA) is 38.3 Å². The molecule has 0 aliphatic heterocycles. The lowest BCUT2D eigenvalue weighted by Gasteiger charge is -2.08. The highest BCUT2D eigenvalue weighted by atomic mass is 79.9. The Morgan fingerprint density at radius 2 is 2.13 bits per heavy atom. The van der Waals surface area contributed by atoms with Crippen LogP contribution < -0.4 is 5.48 Å². The first-order valence-corrected chi connectivity index (χ1v) is 5.75. The first-order chi connectivity index (χ1) is 7.24. The van der Waals surface area contributed by atoms with Gasteiger partial charge in [-0.3, -0.25) is 9.63 Å². The van der Waals surface area contributed by atoms with Gasteiger partial charge in [0.2, 0.25) is 0 Å². The summed E-state index contributed by atoms with van der Waals surface area (Å²) in [4.78, 5) is 16.2. The summed E-state index contributed by atoms with van der Waals surface area (Å²) in [5.74, 6) is -0.145. The predicted octanol–water partition coefficient (Wildman–Crippen LogP) is 2.41. The van der Waals surface area contributed by atoms with Gasteiger partial charge in [0.15, 0.2) is 0 Å². The Hall–Kier alpha value is -0.870. The van der Waals surface area contributed by atoms with Gasteiger partial charge in [-0.1, -0.05) is 53.2 Å². The number of hydrogen-bond donors (Lipinski definition) is 1. The summed E-state index contributed by atoms with van der Waals surface area (Å²) in [5, 5.41) is 0. The molecule has 0 fully saturated rings. The lowest BCUT2D eigenvalue weighted by molar-refractivity contribution is -0.133. The molecule has 1 aromatic carbocycles. The third-order valence-electron chi connectivity index (χ3n) is 1.90. The van der Waals surface area contributed by atoms with E-state index in [1.54, 1.807) is 0 Å². The van der Waals surface area contributed by atoms with E-state index in [1.807, 2.05) is 37.3 Å². The highest BCUT2D eigenvalue weighted by Crippen LogP contribution is 2.04. The van der Waals surface area contributed by atoms with E-state index in [9.17, 15) is 4.79 Å². The zero-order valence-electron chi connectivity index (χ0n) is 8.57. The van der Waals surface area contributed by atoms with Gasteiger partial charge in [-0.15, -0.1) is 0 Å². The molecule has 0 aliphatic rings. The monoisotopic (exact) mass is 271 g/mol. The molecule has 0 aliphatic carbocycles. The SMILES string of the molecule is CCC(Br)C(=O)NOCc1ccccc1. The minimum atomic E-state index is -0.187. The number of hydroxylamine groups is 1. The van der Waals surface area contributed by atoms with Gasteiger partial charge >= 0.3 is 0 Å². The van der Waals surface area contributed by atoms with Crippen molar-refractivity contribution in [1.82, 2.24) is 5.48 Å². The van der Waals surface area contributed by atoms with Gasteiger partial charge in [0, 0.05) is 0 Å². The summed E-state index contributed by atoms with van der Waals surface area (Å²) in [7, 11) is 0. The summed E-state index contributed by atoms with van der Waals surface area (Å²) >= 11 is 3.24. The first-order valence-electron chi connectivity index (χ1n) is 4.83. The second kappa shape index (κ2) is 6.58. The Bertz CT molecular complexity index is 303. The maximum absolute atomic E-state index is 11.3. The second-order valence-corrected chi connectivity index (χ2v) is 4.22. The van der Waals surface area contributed by atoms with Crippen LogP contribution in [0.15, 0.2) is 30.3 Å². The highest BCUT2D eigenvalue weighted by molar-refractivity contribution is 9.10. The number of benzene rings is 1. The van der Waals surface area contributed by atoms with E-state index < -0.39 is 0 Å². The zero-order valence-corrected chi connectivity index (χ0v) is 10.2. The molecule has 3 nitrogen and oxygen atoms in total. The van der Waals surface area contributed by atoms with Crippen LogP contribution in [0, 0.1) is 0 Å². The van der Waals surface area contributed by atoms with Crippen molar-refractivity contribution in [2.24, 2.45) is 0 Å². The fourth-order valence-electron chi connectivity index (χ4n) is 1.01. The van der Waals surface area contributed by atoms with Crippen molar-refractivity contribution in [3.63, 3.8) is 0 Å². The number of rotatable bonds is 5. The van der Waals surface area contributed by atoms with Crippen LogP contribution in [0.4, 0.5) is 0 Å². The number of carbonyl (C=O) groups excluding carboxylic acids is 1. The van der Waals surface area contributed by atoms with Crippen molar-refractivity contribution in [1.29, 1.82) is 0 Å². The molecular formula is C11H14BrNO2. The van der Waals surface area contributed by atoms with Crippen molar-refractivity contribution in [2.45, 2.75) is 24.8 Å². The third-order valence-corrected chi connectivity index (χ3v) is 2.96. The fourth-order valence-corrected chi connectivity index (χ4v) is 1.11. The fraction of sp³-hybridized carbons (Fsp3) is 0.364. The van der Waals surface area contributed by atoms with Gasteiger partial charge in [-0.05, 0) is 12.0 Å². The average Bonchev–Trinajstić information content (AvgIpc) is 2.29. The number of amides is 1. The van der Waals surface area contributed by atoms with Gasteiger partial charge in [-0.25, -0.2) is 5.48 Å². The van der Waals surface area contributed by atoms with E-state index in [2.05, 4.69) is 21.4 Å². The molecule has 82 valence electrons. The molecule has 1 amide bonds. The van der Waals surface area contributed by atoms with Crippen molar-refractivity contribution in [3.05, 3.63) is 35.9 Å². The van der Waals surface area contributed by atoms with Gasteiger partial charge < -0.3 is 0 Å². The molecule has 0 bridgehead atoms. The molecule has 0 radical (unpaired) electrons. The smallest absolute Gasteiger partial charge is 0.257 e. The summed E-state index contributed by atoms with van der Waals surface area (Å²) in [5.41, 5.74) is 3.42. The largest absolute Gasteiger partial charge is 0.272 e. The summed E-state index contributed by atoms with van der Waals surface area (Å²) in [6, 6.07) is 9.68. The molecule has 1 atom stereocenters. The summed E-state index contributed by atoms with van der Waals surface area (Å²) in [6.45, 7) is 2.31. The van der Waals surface area contributed by atoms with Gasteiger partial charge in [0.25, 0.3) is 5.91 Å². The van der Waals surface area contributed by atoms with Crippen LogP contribution in [-0.2, 0) is 16.2 Å². The van der Waals surface area contributed by atoms with Crippen LogP contribution in [0.3, 0.4) is 0 Å². The number of halogens is 1. The van der Waals surface area contributed by atoms with E-state index in [1.165, 1.54) is 0 Å². The Morgan fingerprint density at radius 1 is 1.47 bits per heavy atom. The number of carbonyl (C=O) groups is 1. The number of alkyl halides is 1. The van der Waals surface area contributed by atoms with Crippen LogP contribution in [0.1, 0.15) is 18.9 Å². The Kier molecular flexibility index (Phi) is 5.36. The average molecular weight is 272 g/mol. The summed E-state index contributed by atoms with van der Waals surface area (Å²) < 4.78 is 0. The molecular weight excluding hydrogens is 258 g/mol. The zero-order chi connectivity index (χ0) is 11.1. The predicted molar refractivity (Wildman–Crippen MR) is 62.4 cm³/mol. The molecule has 0 saturated carbocycles. The van der Waals surface area contributed by atoms with Crippen LogP contribution in [0.5, 0.6) is 0 Å². The van der Waals surface area contributed by atoms with Gasteiger partial charge in [0.1, 0.15) is 0 Å². The van der Waals surface area contributed by atoms with Crippen LogP contribution in [0.2, 0.25) is 0 Å². The molecule has 0 saturated heterocycles. The standard InChI is InChI=1S/C11H14BrNO2/c1-2-10(12)11(14)13-15-8-9-6-4-3-5-7-9/h3-7,10H,2,8H2,1H3,(H,13,14). The second-order valence-electron chi connectivity index (χ2n) is 3.12. The maximum atomic E-state index is 11.3. The first kappa shape index (κ1) is 12.2. The molecule has 1 aromatic rings. The van der Waals surface area contributed by atoms with Crippen molar-refractivity contribution < 1.29 is 9.63 Å². The minimum absolute atomic E-state index is 0.145. The normalized spacial score (nSPS) is 12.1. The molecule has 15 heavy (non-hydrogen) atoms. The Labute approximate surface area is 97.9 Å². The van der Waals surface area contributed by atoms with Gasteiger partial charge in [0.05, 0.1) is 11.4 Å². The molecule has 1 unspecified atom stereocenters. The number of nitrogens with one attached hydrogen (secondary N) is 1. The lowest BCUT2D eigenvalue weighted by Crippen LogP contribution is -2.30. The molecule has 1 rings (SSSR count). The van der Waals surface area contributed by atoms with Crippen LogP contribution in [0.25, 0.3) is 0 Å². The van der Waals surface area contributed by atoms with Crippen molar-refractivity contribution in [3.8, 4) is 0 Å². The Morgan fingerprint density at radius 3 is 2.73 bits per heavy atom. The minimum Gasteiger partial charge on any atom is -0.272 e. The molecule has 4 heteroatoms. The summed E-state index contributed by atoms with van der Waals surface area (Å²) in [6.07, 6.45) is 0.737. The highest BCUT2D eigenvalue weighted by Gasteiger charge is 2.11. The molecule has 0 spiro atoms. The van der Waals surface area contributed by atoms with E-state index in [-0.39, 0.29) is 10.7 Å². The van der Waals surface area contributed by atoms with Crippen molar-refractivity contribution in [2.75, 3.05) is 0 Å². The van der Waals surface area contributed by atoms with E-state index in [0.717, 1.165) is 12.0 Å². The maximum Gasteiger partial charge on any atom is 0.257 e. The van der Waals surface area contributed by atoms with Crippen molar-refractivity contribution >= 4 is 21.8 Å².